The normalized spacial score (nSPS) is 11.5. The molecule has 0 bridgehead atoms. The van der Waals surface area contributed by atoms with E-state index in [0.29, 0.717) is 36.4 Å². The SMILES string of the molecule is CC(C)CN=C(N)NCCc1nc(-c2ccco2)n[nH]1.I. The van der Waals surface area contributed by atoms with Gasteiger partial charge < -0.3 is 15.5 Å². The number of nitrogens with two attached hydrogens (primary N) is 1. The maximum absolute atomic E-state index is 5.75. The molecule has 21 heavy (non-hydrogen) atoms. The molecule has 2 aromatic rings. The number of nitrogens with zero attached hydrogens (tertiary/aromatic N) is 3. The van der Waals surface area contributed by atoms with Crippen LogP contribution in [0.5, 0.6) is 0 Å². The summed E-state index contributed by atoms with van der Waals surface area (Å²) in [6.07, 6.45) is 2.28. The van der Waals surface area contributed by atoms with Crippen LogP contribution in [0, 0.1) is 5.92 Å². The van der Waals surface area contributed by atoms with Crippen LogP contribution in [0.25, 0.3) is 11.6 Å². The van der Waals surface area contributed by atoms with Crippen molar-refractivity contribution in [3.8, 4) is 11.6 Å². The summed E-state index contributed by atoms with van der Waals surface area (Å²) in [4.78, 5) is 8.57. The first-order chi connectivity index (χ1) is 9.65. The Morgan fingerprint density at radius 1 is 1.52 bits per heavy atom. The van der Waals surface area contributed by atoms with Crippen molar-refractivity contribution in [1.82, 2.24) is 20.5 Å². The highest BCUT2D eigenvalue weighted by molar-refractivity contribution is 14.0. The number of hydrogen-bond donors (Lipinski definition) is 3. The van der Waals surface area contributed by atoms with Crippen LogP contribution in [-0.2, 0) is 6.42 Å². The number of aliphatic imine (C=N–C) groups is 1. The van der Waals surface area contributed by atoms with Crippen molar-refractivity contribution >= 4 is 29.9 Å². The molecule has 0 fully saturated rings. The van der Waals surface area contributed by atoms with Gasteiger partial charge in [-0.3, -0.25) is 10.1 Å². The number of H-pyrrole nitrogens is 1. The standard InChI is InChI=1S/C13H20N6O.HI/c1-9(2)8-16-13(14)15-6-5-11-17-12(19-18-11)10-4-3-7-20-10;/h3-4,7,9H,5-6,8H2,1-2H3,(H3,14,15,16)(H,17,18,19);1H. The van der Waals surface area contributed by atoms with Gasteiger partial charge in [-0.1, -0.05) is 13.8 Å². The van der Waals surface area contributed by atoms with Crippen LogP contribution in [0.3, 0.4) is 0 Å². The van der Waals surface area contributed by atoms with Crippen molar-refractivity contribution in [1.29, 1.82) is 0 Å². The van der Waals surface area contributed by atoms with E-state index < -0.39 is 0 Å². The monoisotopic (exact) mass is 404 g/mol. The third kappa shape index (κ3) is 5.74. The zero-order valence-electron chi connectivity index (χ0n) is 12.2. The van der Waals surface area contributed by atoms with E-state index in [1.807, 2.05) is 6.07 Å². The molecule has 8 heteroatoms. The molecule has 0 aliphatic heterocycles. The van der Waals surface area contributed by atoms with E-state index in [4.69, 9.17) is 10.2 Å². The summed E-state index contributed by atoms with van der Waals surface area (Å²) in [5.74, 6) is 2.95. The van der Waals surface area contributed by atoms with E-state index in [-0.39, 0.29) is 24.0 Å². The Bertz CT molecular complexity index is 549. The summed E-state index contributed by atoms with van der Waals surface area (Å²) in [5, 5.41) is 10.0. The number of hydrogen-bond acceptors (Lipinski definition) is 4. The Balaban J connectivity index is 0.00000220. The van der Waals surface area contributed by atoms with Crippen LogP contribution in [0.2, 0.25) is 0 Å². The van der Waals surface area contributed by atoms with Gasteiger partial charge in [0.2, 0.25) is 5.82 Å². The molecule has 2 aromatic heterocycles. The van der Waals surface area contributed by atoms with Crippen LogP contribution in [0.4, 0.5) is 0 Å². The van der Waals surface area contributed by atoms with E-state index >= 15 is 0 Å². The molecule has 0 saturated carbocycles. The fourth-order valence-electron chi connectivity index (χ4n) is 1.57. The molecule has 0 saturated heterocycles. The summed E-state index contributed by atoms with van der Waals surface area (Å²) >= 11 is 0. The van der Waals surface area contributed by atoms with Crippen molar-refractivity contribution in [2.75, 3.05) is 13.1 Å². The highest BCUT2D eigenvalue weighted by Gasteiger charge is 2.07. The summed E-state index contributed by atoms with van der Waals surface area (Å²) in [5.41, 5.74) is 5.75. The summed E-state index contributed by atoms with van der Waals surface area (Å²) < 4.78 is 5.23. The van der Waals surface area contributed by atoms with Crippen LogP contribution in [0.15, 0.2) is 27.8 Å². The maximum Gasteiger partial charge on any atom is 0.216 e. The smallest absolute Gasteiger partial charge is 0.216 e. The number of furan rings is 1. The molecule has 2 rings (SSSR count). The molecule has 116 valence electrons. The zero-order valence-corrected chi connectivity index (χ0v) is 14.5. The minimum Gasteiger partial charge on any atom is -0.461 e. The van der Waals surface area contributed by atoms with Crippen molar-refractivity contribution in [2.45, 2.75) is 20.3 Å². The number of aromatic amines is 1. The molecule has 0 amide bonds. The second kappa shape index (κ2) is 8.65. The Hall–Kier alpha value is -1.58. The number of nitrogens with one attached hydrogen (secondary N) is 2. The van der Waals surface area contributed by atoms with Crippen molar-refractivity contribution < 1.29 is 4.42 Å². The minimum absolute atomic E-state index is 0. The minimum atomic E-state index is 0. The number of halogens is 1. The topological polar surface area (TPSA) is 105 Å². The number of guanidine groups is 1. The lowest BCUT2D eigenvalue weighted by atomic mass is 10.2. The highest BCUT2D eigenvalue weighted by atomic mass is 127. The summed E-state index contributed by atoms with van der Waals surface area (Å²) in [6.45, 7) is 5.58. The van der Waals surface area contributed by atoms with Gasteiger partial charge in [-0.2, -0.15) is 5.10 Å². The molecule has 2 heterocycles. The predicted octanol–water partition coefficient (Wildman–Crippen LogP) is 1.79. The van der Waals surface area contributed by atoms with Gasteiger partial charge in [0.15, 0.2) is 11.7 Å². The molecule has 0 atom stereocenters. The number of rotatable bonds is 6. The first-order valence-electron chi connectivity index (χ1n) is 6.64. The van der Waals surface area contributed by atoms with E-state index in [1.165, 1.54) is 0 Å². The molecule has 7 nitrogen and oxygen atoms in total. The largest absolute Gasteiger partial charge is 0.461 e. The molecule has 4 N–H and O–H groups in total. The third-order valence-corrected chi connectivity index (χ3v) is 2.57. The molecule has 0 aliphatic carbocycles. The lowest BCUT2D eigenvalue weighted by Crippen LogP contribution is -2.33. The molecular weight excluding hydrogens is 383 g/mol. The Labute approximate surface area is 140 Å². The van der Waals surface area contributed by atoms with E-state index in [0.717, 1.165) is 12.4 Å². The van der Waals surface area contributed by atoms with Crippen LogP contribution in [-0.4, -0.2) is 34.2 Å². The quantitative estimate of drug-likeness (QED) is 0.387. The molecule has 0 aromatic carbocycles. The van der Waals surface area contributed by atoms with Gasteiger partial charge in [-0.05, 0) is 18.1 Å². The maximum atomic E-state index is 5.75. The van der Waals surface area contributed by atoms with Gasteiger partial charge in [0.1, 0.15) is 5.82 Å². The second-order valence-electron chi connectivity index (χ2n) is 4.88. The third-order valence-electron chi connectivity index (χ3n) is 2.57. The van der Waals surface area contributed by atoms with Gasteiger partial charge in [0, 0.05) is 19.5 Å². The van der Waals surface area contributed by atoms with Crippen molar-refractivity contribution in [2.24, 2.45) is 16.6 Å². The molecule has 0 unspecified atom stereocenters. The van der Waals surface area contributed by atoms with Gasteiger partial charge in [0.25, 0.3) is 0 Å². The Kier molecular flexibility index (Phi) is 7.20. The Morgan fingerprint density at radius 3 is 3.00 bits per heavy atom. The van der Waals surface area contributed by atoms with Crippen LogP contribution in [0.1, 0.15) is 19.7 Å². The first-order valence-corrected chi connectivity index (χ1v) is 6.64. The average molecular weight is 404 g/mol. The molecule has 0 aliphatic rings. The predicted molar refractivity (Wildman–Crippen MR) is 92.5 cm³/mol. The average Bonchev–Trinajstić information content (AvgIpc) is 3.06. The summed E-state index contributed by atoms with van der Waals surface area (Å²) in [7, 11) is 0. The lowest BCUT2D eigenvalue weighted by molar-refractivity contribution is 0.577. The van der Waals surface area contributed by atoms with Crippen LogP contribution < -0.4 is 11.1 Å². The van der Waals surface area contributed by atoms with Gasteiger partial charge in [0.05, 0.1) is 6.26 Å². The van der Waals surface area contributed by atoms with E-state index in [1.54, 1.807) is 12.3 Å². The van der Waals surface area contributed by atoms with Crippen molar-refractivity contribution in [3.63, 3.8) is 0 Å². The van der Waals surface area contributed by atoms with E-state index in [9.17, 15) is 0 Å². The molecule has 0 spiro atoms. The zero-order chi connectivity index (χ0) is 14.4. The van der Waals surface area contributed by atoms with E-state index in [2.05, 4.69) is 39.3 Å². The summed E-state index contributed by atoms with van der Waals surface area (Å²) in [6, 6.07) is 3.63. The van der Waals surface area contributed by atoms with Gasteiger partial charge >= 0.3 is 0 Å². The lowest BCUT2D eigenvalue weighted by Gasteiger charge is -2.05. The van der Waals surface area contributed by atoms with Crippen LogP contribution >= 0.6 is 24.0 Å². The van der Waals surface area contributed by atoms with Crippen molar-refractivity contribution in [3.05, 3.63) is 24.2 Å². The van der Waals surface area contributed by atoms with Gasteiger partial charge in [-0.15, -0.1) is 24.0 Å². The molecule has 0 radical (unpaired) electrons. The number of aromatic nitrogens is 3. The Morgan fingerprint density at radius 2 is 2.33 bits per heavy atom. The molecular formula is C13H21IN6O. The fraction of sp³-hybridized carbons (Fsp3) is 0.462. The highest BCUT2D eigenvalue weighted by Crippen LogP contribution is 2.14. The van der Waals surface area contributed by atoms with Gasteiger partial charge in [-0.25, -0.2) is 4.98 Å². The first kappa shape index (κ1) is 17.5. The second-order valence-corrected chi connectivity index (χ2v) is 4.88. The fourth-order valence-corrected chi connectivity index (χ4v) is 1.57.